The lowest BCUT2D eigenvalue weighted by Crippen LogP contribution is -2.18. The van der Waals surface area contributed by atoms with Crippen molar-refractivity contribution >= 4 is 0 Å². The number of hydrogen-bond acceptors (Lipinski definition) is 1. The van der Waals surface area contributed by atoms with Gasteiger partial charge in [0.2, 0.25) is 0 Å². The third-order valence-corrected chi connectivity index (χ3v) is 3.07. The average molecular weight is 226 g/mol. The monoisotopic (exact) mass is 226 g/mol. The Balaban J connectivity index is 2.25. The topological polar surface area (TPSA) is 20.2 Å². The molecule has 1 aliphatic rings. The molecule has 1 N–H and O–H groups in total. The minimum absolute atomic E-state index is 0.0583. The number of benzene rings is 1. The van der Waals surface area contributed by atoms with Gasteiger partial charge in [-0.1, -0.05) is 24.3 Å². The molecule has 1 aromatic rings. The van der Waals surface area contributed by atoms with Crippen LogP contribution in [0.1, 0.15) is 37.8 Å². The maximum atomic E-state index is 13.7. The molecule has 0 radical (unpaired) electrons. The van der Waals surface area contributed by atoms with E-state index >= 15 is 0 Å². The lowest BCUT2D eigenvalue weighted by atomic mass is 9.95. The van der Waals surface area contributed by atoms with Gasteiger partial charge in [0.25, 0.3) is 5.92 Å². The van der Waals surface area contributed by atoms with Crippen LogP contribution in [-0.2, 0) is 11.5 Å². The molecule has 1 aromatic carbocycles. The standard InChI is InChI=1S/C13H16F2O/c1-12(2,16)9-3-5-10(6-4-9)13(14,15)11-7-8-11/h3-6,11,16H,7-8H2,1-2H3. The van der Waals surface area contributed by atoms with E-state index in [1.54, 1.807) is 26.0 Å². The van der Waals surface area contributed by atoms with Gasteiger partial charge in [-0.2, -0.15) is 0 Å². The van der Waals surface area contributed by atoms with Gasteiger partial charge in [-0.25, -0.2) is 8.78 Å². The molecule has 88 valence electrons. The summed E-state index contributed by atoms with van der Waals surface area (Å²) in [5.74, 6) is -3.20. The molecule has 0 bridgehead atoms. The molecule has 2 rings (SSSR count). The number of halogens is 2. The van der Waals surface area contributed by atoms with Crippen molar-refractivity contribution in [2.75, 3.05) is 0 Å². The summed E-state index contributed by atoms with van der Waals surface area (Å²) in [7, 11) is 0. The Morgan fingerprint density at radius 3 is 1.88 bits per heavy atom. The van der Waals surface area contributed by atoms with Gasteiger partial charge >= 0.3 is 0 Å². The second-order valence-electron chi connectivity index (χ2n) is 5.03. The predicted molar refractivity (Wildman–Crippen MR) is 58.3 cm³/mol. The Kier molecular flexibility index (Phi) is 2.54. The number of alkyl halides is 2. The summed E-state index contributed by atoms with van der Waals surface area (Å²) in [4.78, 5) is 0. The van der Waals surface area contributed by atoms with Crippen LogP contribution in [0.2, 0.25) is 0 Å². The summed E-state index contributed by atoms with van der Waals surface area (Å²) in [6, 6.07) is 5.99. The first kappa shape index (κ1) is 11.5. The van der Waals surface area contributed by atoms with Crippen molar-refractivity contribution in [1.82, 2.24) is 0 Å². The molecule has 0 heterocycles. The fourth-order valence-corrected chi connectivity index (χ4v) is 1.78. The van der Waals surface area contributed by atoms with Gasteiger partial charge in [0.15, 0.2) is 0 Å². The van der Waals surface area contributed by atoms with Crippen LogP contribution in [-0.4, -0.2) is 5.11 Å². The van der Waals surface area contributed by atoms with Crippen LogP contribution in [0, 0.1) is 5.92 Å². The molecule has 0 spiro atoms. The molecule has 1 saturated carbocycles. The zero-order valence-corrected chi connectivity index (χ0v) is 9.50. The molecule has 0 unspecified atom stereocenters. The van der Waals surface area contributed by atoms with E-state index < -0.39 is 17.4 Å². The van der Waals surface area contributed by atoms with Crippen LogP contribution >= 0.6 is 0 Å². The van der Waals surface area contributed by atoms with Crippen molar-refractivity contribution in [3.8, 4) is 0 Å². The van der Waals surface area contributed by atoms with Gasteiger partial charge in [-0.15, -0.1) is 0 Å². The molecule has 1 fully saturated rings. The van der Waals surface area contributed by atoms with E-state index in [2.05, 4.69) is 0 Å². The first-order valence-corrected chi connectivity index (χ1v) is 5.53. The minimum atomic E-state index is -2.71. The highest BCUT2D eigenvalue weighted by Crippen LogP contribution is 2.49. The average Bonchev–Trinajstić information content (AvgIpc) is 3.00. The van der Waals surface area contributed by atoms with Gasteiger partial charge in [0.1, 0.15) is 0 Å². The van der Waals surface area contributed by atoms with Crippen LogP contribution in [0.5, 0.6) is 0 Å². The van der Waals surface area contributed by atoms with Crippen molar-refractivity contribution in [3.63, 3.8) is 0 Å². The summed E-state index contributed by atoms with van der Waals surface area (Å²) in [5.41, 5.74) is -0.265. The van der Waals surface area contributed by atoms with E-state index in [0.29, 0.717) is 18.4 Å². The molecule has 1 aliphatic carbocycles. The molecule has 1 nitrogen and oxygen atoms in total. The smallest absolute Gasteiger partial charge is 0.276 e. The molecular weight excluding hydrogens is 210 g/mol. The maximum Gasteiger partial charge on any atom is 0.276 e. The van der Waals surface area contributed by atoms with Gasteiger partial charge in [-0.05, 0) is 32.3 Å². The van der Waals surface area contributed by atoms with Crippen LogP contribution in [0.4, 0.5) is 8.78 Å². The largest absolute Gasteiger partial charge is 0.386 e. The highest BCUT2D eigenvalue weighted by atomic mass is 19.3. The van der Waals surface area contributed by atoms with E-state index in [0.717, 1.165) is 0 Å². The van der Waals surface area contributed by atoms with E-state index in [4.69, 9.17) is 0 Å². The second kappa shape index (κ2) is 3.52. The van der Waals surface area contributed by atoms with Crippen molar-refractivity contribution in [3.05, 3.63) is 35.4 Å². The summed E-state index contributed by atoms with van der Waals surface area (Å²) >= 11 is 0. The number of rotatable bonds is 3. The Hall–Kier alpha value is -0.960. The minimum Gasteiger partial charge on any atom is -0.386 e. The summed E-state index contributed by atoms with van der Waals surface area (Å²) in [6.07, 6.45) is 1.22. The Labute approximate surface area is 94.1 Å². The highest BCUT2D eigenvalue weighted by molar-refractivity contribution is 5.29. The van der Waals surface area contributed by atoms with E-state index in [-0.39, 0.29) is 5.56 Å². The van der Waals surface area contributed by atoms with E-state index in [9.17, 15) is 13.9 Å². The van der Waals surface area contributed by atoms with Crippen LogP contribution in [0.25, 0.3) is 0 Å². The van der Waals surface area contributed by atoms with Crippen LogP contribution < -0.4 is 0 Å². The first-order valence-electron chi connectivity index (χ1n) is 5.53. The van der Waals surface area contributed by atoms with Gasteiger partial charge < -0.3 is 5.11 Å². The molecule has 16 heavy (non-hydrogen) atoms. The molecule has 3 heteroatoms. The van der Waals surface area contributed by atoms with Crippen LogP contribution in [0.3, 0.4) is 0 Å². The van der Waals surface area contributed by atoms with Crippen molar-refractivity contribution < 1.29 is 13.9 Å². The summed E-state index contributed by atoms with van der Waals surface area (Å²) in [6.45, 7) is 3.28. The second-order valence-corrected chi connectivity index (χ2v) is 5.03. The molecule has 0 amide bonds. The van der Waals surface area contributed by atoms with E-state index in [1.165, 1.54) is 12.1 Å². The highest BCUT2D eigenvalue weighted by Gasteiger charge is 2.47. The third-order valence-electron chi connectivity index (χ3n) is 3.07. The van der Waals surface area contributed by atoms with Crippen molar-refractivity contribution in [2.45, 2.75) is 38.2 Å². The summed E-state index contributed by atoms with van der Waals surface area (Å²) < 4.78 is 27.4. The van der Waals surface area contributed by atoms with Crippen molar-refractivity contribution in [2.24, 2.45) is 5.92 Å². The van der Waals surface area contributed by atoms with Crippen LogP contribution in [0.15, 0.2) is 24.3 Å². The lowest BCUT2D eigenvalue weighted by Gasteiger charge is -2.20. The van der Waals surface area contributed by atoms with Gasteiger partial charge in [0, 0.05) is 11.5 Å². The normalized spacial score (nSPS) is 17.6. The lowest BCUT2D eigenvalue weighted by molar-refractivity contribution is -0.0286. The van der Waals surface area contributed by atoms with E-state index in [1.807, 2.05) is 0 Å². The fraction of sp³-hybridized carbons (Fsp3) is 0.538. The van der Waals surface area contributed by atoms with Crippen molar-refractivity contribution in [1.29, 1.82) is 0 Å². The Morgan fingerprint density at radius 1 is 1.06 bits per heavy atom. The quantitative estimate of drug-likeness (QED) is 0.837. The SMILES string of the molecule is CC(C)(O)c1ccc(C(F)(F)C2CC2)cc1. The molecular formula is C13H16F2O. The molecule has 0 atom stereocenters. The Morgan fingerprint density at radius 2 is 1.50 bits per heavy atom. The molecule has 0 saturated heterocycles. The number of aliphatic hydroxyl groups is 1. The molecule has 0 aromatic heterocycles. The Bertz CT molecular complexity index is 372. The first-order chi connectivity index (χ1) is 7.32. The van der Waals surface area contributed by atoms with Gasteiger partial charge in [-0.3, -0.25) is 0 Å². The van der Waals surface area contributed by atoms with Gasteiger partial charge in [0.05, 0.1) is 5.60 Å². The predicted octanol–water partition coefficient (Wildman–Crippen LogP) is 3.42. The maximum absolute atomic E-state index is 13.7. The fourth-order valence-electron chi connectivity index (χ4n) is 1.78. The zero-order valence-electron chi connectivity index (χ0n) is 9.50. The third kappa shape index (κ3) is 2.09. The zero-order chi connectivity index (χ0) is 12.0. The number of hydrogen-bond donors (Lipinski definition) is 1. The summed E-state index contributed by atoms with van der Waals surface area (Å²) in [5, 5.41) is 9.72. The molecule has 0 aliphatic heterocycles.